The van der Waals surface area contributed by atoms with Crippen LogP contribution in [0.3, 0.4) is 0 Å². The van der Waals surface area contributed by atoms with Crippen LogP contribution in [0, 0.1) is 11.7 Å². The SMILES string of the molecule is [2H]c1c(CCC(=O)[C@H]2C[C@@H]2c2ccc(N)nc2)oc2c(-c3ccc(F)cc3)cc(-c3ccc(C(=O)N4CC(F)C4)cc3)cc12. The van der Waals surface area contributed by atoms with Crippen LogP contribution in [0.4, 0.5) is 14.6 Å². The number of anilines is 1. The number of hydrogen-bond acceptors (Lipinski definition) is 5. The van der Waals surface area contributed by atoms with E-state index in [4.69, 9.17) is 11.5 Å². The molecule has 216 valence electrons. The van der Waals surface area contributed by atoms with Crippen molar-refractivity contribution in [3.8, 4) is 22.3 Å². The monoisotopic (exact) mass is 578 g/mol. The molecule has 2 aromatic heterocycles. The summed E-state index contributed by atoms with van der Waals surface area (Å²) in [6, 6.07) is 20.8. The van der Waals surface area contributed by atoms with Gasteiger partial charge in [-0.1, -0.05) is 30.3 Å². The van der Waals surface area contributed by atoms with Gasteiger partial charge in [-0.3, -0.25) is 9.59 Å². The molecule has 1 aliphatic heterocycles. The molecule has 0 radical (unpaired) electrons. The first-order valence-corrected chi connectivity index (χ1v) is 14.3. The molecule has 8 heteroatoms. The van der Waals surface area contributed by atoms with Crippen molar-refractivity contribution in [2.75, 3.05) is 18.8 Å². The Kier molecular flexibility index (Phi) is 6.47. The maximum atomic E-state index is 13.8. The number of fused-ring (bicyclic) bond motifs is 1. The number of aryl methyl sites for hydroxylation is 1. The van der Waals surface area contributed by atoms with E-state index in [1.807, 2.05) is 30.3 Å². The van der Waals surface area contributed by atoms with Gasteiger partial charge in [0.15, 0.2) is 0 Å². The average molecular weight is 579 g/mol. The van der Waals surface area contributed by atoms with Crippen LogP contribution >= 0.6 is 0 Å². The van der Waals surface area contributed by atoms with Gasteiger partial charge < -0.3 is 15.1 Å². The molecule has 3 aromatic carbocycles. The number of pyridine rings is 1. The summed E-state index contributed by atoms with van der Waals surface area (Å²) < 4.78 is 42.2. The summed E-state index contributed by atoms with van der Waals surface area (Å²) in [5.74, 6) is 0.480. The lowest BCUT2D eigenvalue weighted by atomic mass is 9.96. The number of ketones is 1. The van der Waals surface area contributed by atoms with Gasteiger partial charge in [0.1, 0.15) is 34.9 Å². The van der Waals surface area contributed by atoms with E-state index in [0.717, 1.165) is 28.7 Å². The van der Waals surface area contributed by atoms with Crippen LogP contribution in [0.5, 0.6) is 0 Å². The maximum Gasteiger partial charge on any atom is 0.254 e. The number of amides is 1. The molecule has 3 heterocycles. The van der Waals surface area contributed by atoms with Gasteiger partial charge in [0.05, 0.1) is 14.5 Å². The number of nitrogens with two attached hydrogens (primary N) is 1. The second-order valence-electron chi connectivity index (χ2n) is 11.4. The number of carbonyl (C=O) groups excluding carboxylic acids is 2. The van der Waals surface area contributed by atoms with Crippen molar-refractivity contribution < 1.29 is 24.2 Å². The fourth-order valence-electron chi connectivity index (χ4n) is 5.81. The van der Waals surface area contributed by atoms with Crippen molar-refractivity contribution in [1.29, 1.82) is 0 Å². The largest absolute Gasteiger partial charge is 0.460 e. The second kappa shape index (κ2) is 10.8. The average Bonchev–Trinajstić information content (AvgIpc) is 3.76. The van der Waals surface area contributed by atoms with Crippen molar-refractivity contribution in [2.45, 2.75) is 31.4 Å². The standard InChI is InChI=1S/C35H29F2N3O3/c36-26-8-5-21(6-9-26)30-15-24(20-1-3-22(4-2-20)35(42)40-18-27(37)19-40)13-25-14-28(43-34(25)30)10-11-32(41)31-16-29(31)23-7-12-33(38)39-17-23/h1-9,12-15,17,27,29,31H,10-11,16,18-19H2,(H2,38,39)/t29-,31+/m1/s1/i14D. The Bertz CT molecular complexity index is 1880. The van der Waals surface area contributed by atoms with Crippen LogP contribution in [0.2, 0.25) is 0 Å². The fourth-order valence-corrected chi connectivity index (χ4v) is 5.81. The van der Waals surface area contributed by atoms with Crippen molar-refractivity contribution in [3.05, 3.63) is 108 Å². The lowest BCUT2D eigenvalue weighted by Gasteiger charge is -2.34. The number of furan rings is 1. The predicted molar refractivity (Wildman–Crippen MR) is 161 cm³/mol. The van der Waals surface area contributed by atoms with E-state index in [9.17, 15) is 18.4 Å². The molecule has 6 nitrogen and oxygen atoms in total. The van der Waals surface area contributed by atoms with Gasteiger partial charge >= 0.3 is 0 Å². The first kappa shape index (κ1) is 25.8. The van der Waals surface area contributed by atoms with Crippen molar-refractivity contribution in [3.63, 3.8) is 0 Å². The van der Waals surface area contributed by atoms with E-state index >= 15 is 0 Å². The molecule has 0 spiro atoms. The molecule has 7 rings (SSSR count). The van der Waals surface area contributed by atoms with Crippen LogP contribution in [-0.2, 0) is 11.2 Å². The van der Waals surface area contributed by atoms with Crippen molar-refractivity contribution in [2.24, 2.45) is 5.92 Å². The van der Waals surface area contributed by atoms with Crippen LogP contribution in [0.1, 0.15) is 41.8 Å². The number of nitrogen functional groups attached to an aromatic ring is 1. The molecule has 2 atom stereocenters. The lowest BCUT2D eigenvalue weighted by molar-refractivity contribution is -0.120. The summed E-state index contributed by atoms with van der Waals surface area (Å²) in [5, 5.41) is 0.580. The third kappa shape index (κ3) is 5.41. The van der Waals surface area contributed by atoms with E-state index < -0.39 is 6.17 Å². The number of carbonyl (C=O) groups is 2. The van der Waals surface area contributed by atoms with Gasteiger partial charge in [0.25, 0.3) is 5.91 Å². The molecule has 2 N–H and O–H groups in total. The number of likely N-dealkylation sites (tertiary alicyclic amines) is 1. The van der Waals surface area contributed by atoms with Gasteiger partial charge in [0.2, 0.25) is 0 Å². The van der Waals surface area contributed by atoms with Gasteiger partial charge in [0, 0.05) is 41.5 Å². The summed E-state index contributed by atoms with van der Waals surface area (Å²) in [7, 11) is 0. The number of hydrogen-bond donors (Lipinski definition) is 1. The zero-order valence-corrected chi connectivity index (χ0v) is 23.2. The smallest absolute Gasteiger partial charge is 0.254 e. The third-order valence-corrected chi connectivity index (χ3v) is 8.37. The fraction of sp³-hybridized carbons (Fsp3) is 0.229. The molecule has 5 aromatic rings. The number of Topliss-reactive ketones (excluding diaryl/α,β-unsaturated/α-hetero) is 1. The van der Waals surface area contributed by atoms with Gasteiger partial charge in [-0.25, -0.2) is 13.8 Å². The van der Waals surface area contributed by atoms with Crippen LogP contribution in [-0.4, -0.2) is 40.8 Å². The third-order valence-electron chi connectivity index (χ3n) is 8.37. The Morgan fingerprint density at radius 3 is 2.44 bits per heavy atom. The van der Waals surface area contributed by atoms with Crippen molar-refractivity contribution >= 4 is 28.5 Å². The highest BCUT2D eigenvalue weighted by molar-refractivity contribution is 5.98. The molecule has 1 saturated carbocycles. The highest BCUT2D eigenvalue weighted by Gasteiger charge is 2.43. The Labute approximate surface area is 248 Å². The number of alkyl halides is 1. The van der Waals surface area contributed by atoms with E-state index in [-0.39, 0.29) is 54.9 Å². The Morgan fingerprint density at radius 1 is 1.00 bits per heavy atom. The summed E-state index contributed by atoms with van der Waals surface area (Å²) in [6.07, 6.45) is 2.07. The first-order valence-electron chi connectivity index (χ1n) is 14.8. The van der Waals surface area contributed by atoms with Gasteiger partial charge in [-0.2, -0.15) is 0 Å². The maximum absolute atomic E-state index is 13.8. The zero-order chi connectivity index (χ0) is 30.5. The van der Waals surface area contributed by atoms with E-state index in [2.05, 4.69) is 4.98 Å². The van der Waals surface area contributed by atoms with Crippen LogP contribution in [0.25, 0.3) is 33.2 Å². The predicted octanol–water partition coefficient (Wildman–Crippen LogP) is 6.98. The number of aromatic nitrogens is 1. The van der Waals surface area contributed by atoms with Crippen molar-refractivity contribution in [1.82, 2.24) is 9.88 Å². The topological polar surface area (TPSA) is 89.4 Å². The van der Waals surface area contributed by atoms with E-state index in [0.29, 0.717) is 40.1 Å². The van der Waals surface area contributed by atoms with E-state index in [1.54, 1.807) is 36.5 Å². The molecular formula is C35H29F2N3O3. The normalized spacial score (nSPS) is 18.4. The Balaban J connectivity index is 1.17. The molecular weight excluding hydrogens is 548 g/mol. The van der Waals surface area contributed by atoms with Gasteiger partial charge in [-0.05, 0) is 83.1 Å². The summed E-state index contributed by atoms with van der Waals surface area (Å²) in [4.78, 5) is 31.3. The highest BCUT2D eigenvalue weighted by atomic mass is 19.1. The molecule has 0 unspecified atom stereocenters. The molecule has 1 amide bonds. The Hall–Kier alpha value is -4.85. The molecule has 2 aliphatic rings. The molecule has 2 fully saturated rings. The second-order valence-corrected chi connectivity index (χ2v) is 11.4. The first-order chi connectivity index (χ1) is 21.2. The summed E-state index contributed by atoms with van der Waals surface area (Å²) in [6.45, 7) is 0.223. The van der Waals surface area contributed by atoms with Gasteiger partial charge in [-0.15, -0.1) is 0 Å². The summed E-state index contributed by atoms with van der Waals surface area (Å²) >= 11 is 0. The number of benzene rings is 3. The highest BCUT2D eigenvalue weighted by Crippen LogP contribution is 2.48. The minimum atomic E-state index is -0.968. The molecule has 1 aliphatic carbocycles. The molecule has 0 bridgehead atoms. The number of rotatable bonds is 8. The van der Waals surface area contributed by atoms with E-state index in [1.165, 1.54) is 17.0 Å². The van der Waals surface area contributed by atoms with Crippen LogP contribution in [0.15, 0.2) is 89.5 Å². The van der Waals surface area contributed by atoms with Crippen LogP contribution < -0.4 is 5.73 Å². The number of halogens is 2. The Morgan fingerprint density at radius 2 is 1.74 bits per heavy atom. The minimum absolute atomic E-state index is 0.0743. The zero-order valence-electron chi connectivity index (χ0n) is 24.2. The number of nitrogens with zero attached hydrogens (tertiary/aromatic N) is 2. The quantitative estimate of drug-likeness (QED) is 0.215. The minimum Gasteiger partial charge on any atom is -0.460 e. The molecule has 43 heavy (non-hydrogen) atoms. The molecule has 1 saturated heterocycles. The lowest BCUT2D eigenvalue weighted by Crippen LogP contribution is -2.51. The summed E-state index contributed by atoms with van der Waals surface area (Å²) in [5.41, 5.74) is 10.7.